The van der Waals surface area contributed by atoms with Crippen LogP contribution >= 0.6 is 39.9 Å². The molecule has 1 aliphatic rings. The molecule has 0 aliphatic carbocycles. The number of carbonyl (C=O) groups is 1. The second kappa shape index (κ2) is 5.79. The Labute approximate surface area is 140 Å². The Bertz CT molecular complexity index is 767. The van der Waals surface area contributed by atoms with Gasteiger partial charge in [0.15, 0.2) is 8.99 Å². The minimum Gasteiger partial charge on any atom is -0.450 e. The van der Waals surface area contributed by atoms with Crippen LogP contribution in [0.25, 0.3) is 6.08 Å². The smallest absolute Gasteiger partial charge is 0.270 e. The van der Waals surface area contributed by atoms with Crippen LogP contribution < -0.4 is 4.90 Å². The summed E-state index contributed by atoms with van der Waals surface area (Å²) in [5.74, 6) is 0.495. The van der Waals surface area contributed by atoms with Crippen molar-refractivity contribution >= 4 is 61.9 Å². The normalized spacial score (nSPS) is 17.0. The Hall–Kier alpha value is -1.37. The summed E-state index contributed by atoms with van der Waals surface area (Å²) in [5.41, 5.74) is 1.88. The maximum atomic E-state index is 12.5. The standard InChI is InChI=1S/C15H10BrNO2S2/c1-9-3-2-4-10(7-9)17-14(18)12(21-15(17)20)8-11-5-6-13(16)19-11/h2-8H,1H3/b12-8+. The highest BCUT2D eigenvalue weighted by Crippen LogP contribution is 2.36. The molecule has 1 saturated heterocycles. The Morgan fingerprint density at radius 1 is 1.33 bits per heavy atom. The average Bonchev–Trinajstić information content (AvgIpc) is 2.94. The number of amides is 1. The van der Waals surface area contributed by atoms with Crippen molar-refractivity contribution in [3.8, 4) is 0 Å². The molecule has 21 heavy (non-hydrogen) atoms. The molecule has 3 rings (SSSR count). The molecule has 1 amide bonds. The number of benzene rings is 1. The summed E-state index contributed by atoms with van der Waals surface area (Å²) in [7, 11) is 0. The molecule has 1 fully saturated rings. The number of hydrogen-bond donors (Lipinski definition) is 0. The summed E-state index contributed by atoms with van der Waals surface area (Å²) in [4.78, 5) is 14.6. The van der Waals surface area contributed by atoms with E-state index < -0.39 is 0 Å². The molecule has 106 valence electrons. The molecule has 1 aromatic carbocycles. The molecule has 2 aromatic rings. The third kappa shape index (κ3) is 2.97. The fourth-order valence-electron chi connectivity index (χ4n) is 1.99. The number of furan rings is 1. The Morgan fingerprint density at radius 3 is 2.81 bits per heavy atom. The SMILES string of the molecule is Cc1cccc(N2C(=O)/C(=C\c3ccc(Br)o3)SC2=S)c1. The molecule has 6 heteroatoms. The summed E-state index contributed by atoms with van der Waals surface area (Å²) in [6.45, 7) is 1.98. The van der Waals surface area contributed by atoms with Crippen LogP contribution in [-0.4, -0.2) is 10.2 Å². The van der Waals surface area contributed by atoms with E-state index in [4.69, 9.17) is 16.6 Å². The van der Waals surface area contributed by atoms with Crippen LogP contribution in [0.3, 0.4) is 0 Å². The second-order valence-corrected chi connectivity index (χ2v) is 6.96. The highest BCUT2D eigenvalue weighted by molar-refractivity contribution is 9.10. The predicted molar refractivity (Wildman–Crippen MR) is 93.2 cm³/mol. The number of nitrogens with zero attached hydrogens (tertiary/aromatic N) is 1. The van der Waals surface area contributed by atoms with E-state index in [9.17, 15) is 4.79 Å². The van der Waals surface area contributed by atoms with Gasteiger partial charge in [-0.15, -0.1) is 0 Å². The fraction of sp³-hybridized carbons (Fsp3) is 0.0667. The van der Waals surface area contributed by atoms with E-state index in [1.54, 1.807) is 23.1 Å². The van der Waals surface area contributed by atoms with Gasteiger partial charge in [-0.2, -0.15) is 0 Å². The third-order valence-electron chi connectivity index (χ3n) is 2.92. The highest BCUT2D eigenvalue weighted by atomic mass is 79.9. The molecule has 0 atom stereocenters. The van der Waals surface area contributed by atoms with Crippen molar-refractivity contribution in [1.29, 1.82) is 0 Å². The topological polar surface area (TPSA) is 33.5 Å². The monoisotopic (exact) mass is 379 g/mol. The van der Waals surface area contributed by atoms with Gasteiger partial charge < -0.3 is 4.42 Å². The molecular weight excluding hydrogens is 370 g/mol. The van der Waals surface area contributed by atoms with Crippen LogP contribution in [0.15, 0.2) is 50.4 Å². The number of halogens is 1. The van der Waals surface area contributed by atoms with Crippen molar-refractivity contribution < 1.29 is 9.21 Å². The first-order valence-electron chi connectivity index (χ1n) is 6.14. The van der Waals surface area contributed by atoms with Gasteiger partial charge in [0.05, 0.1) is 10.6 Å². The van der Waals surface area contributed by atoms with E-state index in [-0.39, 0.29) is 5.91 Å². The molecule has 0 spiro atoms. The molecule has 0 saturated carbocycles. The first kappa shape index (κ1) is 14.6. The first-order valence-corrected chi connectivity index (χ1v) is 8.16. The van der Waals surface area contributed by atoms with E-state index in [0.717, 1.165) is 11.3 Å². The number of hydrogen-bond acceptors (Lipinski definition) is 4. The second-order valence-electron chi connectivity index (χ2n) is 4.50. The van der Waals surface area contributed by atoms with Crippen molar-refractivity contribution in [3.05, 3.63) is 57.3 Å². The Kier molecular flexibility index (Phi) is 4.01. The van der Waals surface area contributed by atoms with E-state index in [1.165, 1.54) is 11.8 Å². The van der Waals surface area contributed by atoms with Gasteiger partial charge in [0.2, 0.25) is 0 Å². The number of thioether (sulfide) groups is 1. The Morgan fingerprint density at radius 2 is 2.14 bits per heavy atom. The molecule has 0 radical (unpaired) electrons. The molecule has 1 aliphatic heterocycles. The summed E-state index contributed by atoms with van der Waals surface area (Å²) in [5, 5.41) is 0. The summed E-state index contributed by atoms with van der Waals surface area (Å²) in [6, 6.07) is 11.3. The van der Waals surface area contributed by atoms with E-state index >= 15 is 0 Å². The number of thiocarbonyl (C=S) groups is 1. The summed E-state index contributed by atoms with van der Waals surface area (Å²) < 4.78 is 6.56. The van der Waals surface area contributed by atoms with Crippen molar-refractivity contribution in [1.82, 2.24) is 0 Å². The van der Waals surface area contributed by atoms with Gasteiger partial charge >= 0.3 is 0 Å². The van der Waals surface area contributed by atoms with Crippen molar-refractivity contribution in [2.45, 2.75) is 6.92 Å². The third-order valence-corrected chi connectivity index (χ3v) is 4.65. The van der Waals surface area contributed by atoms with E-state index in [0.29, 0.717) is 19.7 Å². The molecular formula is C15H10BrNO2S2. The van der Waals surface area contributed by atoms with E-state index in [2.05, 4.69) is 15.9 Å². The molecule has 2 heterocycles. The van der Waals surface area contributed by atoms with Crippen LogP contribution in [0.1, 0.15) is 11.3 Å². The quantitative estimate of drug-likeness (QED) is 0.556. The maximum Gasteiger partial charge on any atom is 0.270 e. The van der Waals surface area contributed by atoms with Gasteiger partial charge in [0, 0.05) is 6.08 Å². The van der Waals surface area contributed by atoms with Crippen molar-refractivity contribution in [2.75, 3.05) is 4.90 Å². The van der Waals surface area contributed by atoms with Gasteiger partial charge in [-0.05, 0) is 52.7 Å². The molecule has 0 N–H and O–H groups in total. The number of rotatable bonds is 2. The highest BCUT2D eigenvalue weighted by Gasteiger charge is 2.33. The number of carbonyl (C=O) groups excluding carboxylic acids is 1. The van der Waals surface area contributed by atoms with Crippen LogP contribution in [0.2, 0.25) is 0 Å². The van der Waals surface area contributed by atoms with Crippen LogP contribution in [-0.2, 0) is 4.79 Å². The van der Waals surface area contributed by atoms with Crippen LogP contribution in [0.5, 0.6) is 0 Å². The maximum absolute atomic E-state index is 12.5. The van der Waals surface area contributed by atoms with Gasteiger partial charge in [-0.3, -0.25) is 9.69 Å². The minimum atomic E-state index is -0.122. The van der Waals surface area contributed by atoms with Crippen molar-refractivity contribution in [2.24, 2.45) is 0 Å². The zero-order valence-electron chi connectivity index (χ0n) is 11.0. The molecule has 0 unspecified atom stereocenters. The zero-order valence-corrected chi connectivity index (χ0v) is 14.2. The molecule has 0 bridgehead atoms. The van der Waals surface area contributed by atoms with Gasteiger partial charge in [-0.1, -0.05) is 36.1 Å². The number of aryl methyl sites for hydroxylation is 1. The lowest BCUT2D eigenvalue weighted by molar-refractivity contribution is -0.113. The lowest BCUT2D eigenvalue weighted by atomic mass is 10.2. The zero-order chi connectivity index (χ0) is 15.0. The predicted octanol–water partition coefficient (Wildman–Crippen LogP) is 4.76. The lowest BCUT2D eigenvalue weighted by Gasteiger charge is -2.14. The molecule has 1 aromatic heterocycles. The van der Waals surface area contributed by atoms with Gasteiger partial charge in [-0.25, -0.2) is 0 Å². The molecule has 3 nitrogen and oxygen atoms in total. The van der Waals surface area contributed by atoms with E-state index in [1.807, 2.05) is 31.2 Å². The minimum absolute atomic E-state index is 0.122. The summed E-state index contributed by atoms with van der Waals surface area (Å²) >= 11 is 9.85. The largest absolute Gasteiger partial charge is 0.450 e. The van der Waals surface area contributed by atoms with Crippen LogP contribution in [0.4, 0.5) is 5.69 Å². The van der Waals surface area contributed by atoms with Gasteiger partial charge in [0.25, 0.3) is 5.91 Å². The average molecular weight is 380 g/mol. The Balaban J connectivity index is 1.94. The fourth-order valence-corrected chi connectivity index (χ4v) is 3.59. The number of anilines is 1. The lowest BCUT2D eigenvalue weighted by Crippen LogP contribution is -2.27. The van der Waals surface area contributed by atoms with Gasteiger partial charge in [0.1, 0.15) is 5.76 Å². The van der Waals surface area contributed by atoms with Crippen molar-refractivity contribution in [3.63, 3.8) is 0 Å². The first-order chi connectivity index (χ1) is 10.0. The summed E-state index contributed by atoms with van der Waals surface area (Å²) in [6.07, 6.45) is 1.71. The van der Waals surface area contributed by atoms with Crippen LogP contribution in [0, 0.1) is 6.92 Å².